The Kier molecular flexibility index (Phi) is 27.6. The molecular weight excluding hydrogens is 748 g/mol. The van der Waals surface area contributed by atoms with E-state index in [1.165, 1.54) is 13.0 Å². The van der Waals surface area contributed by atoms with Crippen LogP contribution in [0.3, 0.4) is 0 Å². The van der Waals surface area contributed by atoms with E-state index in [4.69, 9.17) is 9.47 Å². The van der Waals surface area contributed by atoms with Crippen molar-refractivity contribution in [2.75, 3.05) is 26.4 Å². The minimum atomic E-state index is -1.09. The molecule has 0 aromatic carbocycles. The van der Waals surface area contributed by atoms with Gasteiger partial charge >= 0.3 is 5.97 Å². The minimum absolute atomic E-state index is 0.0118. The van der Waals surface area contributed by atoms with Crippen molar-refractivity contribution in [3.8, 4) is 0 Å². The molecule has 0 fully saturated rings. The largest absolute Gasteiger partial charge is 0.481 e. The molecule has 0 aliphatic rings. The first-order chi connectivity index (χ1) is 27.1. The van der Waals surface area contributed by atoms with E-state index in [0.29, 0.717) is 12.8 Å². The number of carbonyl (C=O) groups is 7. The van der Waals surface area contributed by atoms with Crippen molar-refractivity contribution in [3.05, 3.63) is 25.3 Å². The van der Waals surface area contributed by atoms with E-state index < -0.39 is 48.0 Å². The molecule has 0 aromatic heterocycles. The quantitative estimate of drug-likeness (QED) is 0.0387. The fourth-order valence-electron chi connectivity index (χ4n) is 6.28. The lowest BCUT2D eigenvalue weighted by Gasteiger charge is -2.27. The maximum Gasteiger partial charge on any atom is 0.305 e. The predicted octanol–water partition coefficient (Wildman–Crippen LogP) is 3.15. The summed E-state index contributed by atoms with van der Waals surface area (Å²) in [7, 11) is 0. The molecule has 0 aliphatic carbocycles. The molecule has 0 radical (unpaired) electrons. The van der Waals surface area contributed by atoms with Gasteiger partial charge in [0, 0.05) is 63.2 Å². The molecule has 16 heteroatoms. The zero-order valence-corrected chi connectivity index (χ0v) is 36.4. The summed E-state index contributed by atoms with van der Waals surface area (Å²) in [6.45, 7) is 24.4. The number of rotatable bonds is 32. The van der Waals surface area contributed by atoms with Gasteiger partial charge in [-0.25, -0.2) is 0 Å². The first-order valence-electron chi connectivity index (χ1n) is 20.5. The third kappa shape index (κ3) is 27.3. The number of ether oxygens (including phenoxy) is 2. The molecule has 0 aromatic rings. The van der Waals surface area contributed by atoms with E-state index in [1.54, 1.807) is 6.08 Å². The van der Waals surface area contributed by atoms with Crippen LogP contribution in [0, 0.1) is 23.7 Å². The molecule has 0 saturated carbocycles. The molecule has 58 heavy (non-hydrogen) atoms. The number of carbonyl (C=O) groups excluding carboxylic acids is 6. The number of carboxylic acids is 1. The molecule has 6 amide bonds. The SMILES string of the molecule is C=CCOC[C@@H](CC(=O)O)NC(=O)C[C@@H](NC(=O)C[C@H](CC(C)C)NC(=O)C[C@H](COCC=C)NC(=O)C[C@@H](NC(=O)C[C@@H](CC(C)C)NC(C)=O)C(C)C)C(C)C. The van der Waals surface area contributed by atoms with Gasteiger partial charge < -0.3 is 46.5 Å². The Labute approximate surface area is 346 Å². The maximum atomic E-state index is 13.5. The summed E-state index contributed by atoms with van der Waals surface area (Å²) in [5.41, 5.74) is 0. The number of aliphatic carboxylic acids is 1. The first kappa shape index (κ1) is 53.7. The lowest BCUT2D eigenvalue weighted by Crippen LogP contribution is -2.49. The van der Waals surface area contributed by atoms with Gasteiger partial charge in [-0.15, -0.1) is 13.2 Å². The van der Waals surface area contributed by atoms with Crippen LogP contribution in [-0.4, -0.2) is 109 Å². The highest BCUT2D eigenvalue weighted by Crippen LogP contribution is 2.14. The van der Waals surface area contributed by atoms with Crippen molar-refractivity contribution < 1.29 is 48.1 Å². The standard InChI is InChI=1S/C42H74N6O10/c1-12-14-57-24-33(45-40(53)22-35(28(7)8)47-38(51)18-31(16-26(3)4)43-30(11)49)20-37(50)44-32(17-27(5)6)19-39(52)48-36(29(9)10)23-41(54)46-34(21-42(55)56)25-58-15-13-2/h12-13,26-29,31-36H,1-2,14-25H2,3-11H3,(H,43,49)(H,44,50)(H,45,53)(H,46,54)(H,47,51)(H,48,52)(H,55,56)/t31-,32+,33-,34-,35-,36-/m1/s1. The third-order valence-electron chi connectivity index (χ3n) is 8.95. The minimum Gasteiger partial charge on any atom is -0.481 e. The summed E-state index contributed by atoms with van der Waals surface area (Å²) in [4.78, 5) is 89.1. The molecule has 0 spiro atoms. The van der Waals surface area contributed by atoms with E-state index in [0.717, 1.165) is 0 Å². The summed E-state index contributed by atoms with van der Waals surface area (Å²) in [5.74, 6) is -3.07. The molecule has 6 atom stereocenters. The lowest BCUT2D eigenvalue weighted by atomic mass is 9.97. The summed E-state index contributed by atoms with van der Waals surface area (Å²) in [5, 5.41) is 26.5. The number of amides is 6. The molecule has 0 unspecified atom stereocenters. The van der Waals surface area contributed by atoms with Crippen LogP contribution >= 0.6 is 0 Å². The van der Waals surface area contributed by atoms with Gasteiger partial charge in [-0.1, -0.05) is 67.5 Å². The fraction of sp³-hybridized carbons (Fsp3) is 0.738. The van der Waals surface area contributed by atoms with Gasteiger partial charge in [-0.05, 0) is 36.5 Å². The van der Waals surface area contributed by atoms with Gasteiger partial charge in [0.1, 0.15) is 0 Å². The molecule has 0 bridgehead atoms. The number of carboxylic acid groups (broad SMARTS) is 1. The van der Waals surface area contributed by atoms with Gasteiger partial charge in [0.25, 0.3) is 0 Å². The van der Waals surface area contributed by atoms with Crippen molar-refractivity contribution in [1.29, 1.82) is 0 Å². The van der Waals surface area contributed by atoms with Crippen LogP contribution in [0.1, 0.15) is 114 Å². The highest BCUT2D eigenvalue weighted by Gasteiger charge is 2.28. The molecule has 332 valence electrons. The van der Waals surface area contributed by atoms with Crippen LogP contribution in [0.5, 0.6) is 0 Å². The van der Waals surface area contributed by atoms with Gasteiger partial charge in [-0.3, -0.25) is 33.6 Å². The summed E-state index contributed by atoms with van der Waals surface area (Å²) in [6.07, 6.45) is 3.57. The fourth-order valence-corrected chi connectivity index (χ4v) is 6.28. The van der Waals surface area contributed by atoms with Gasteiger partial charge in [0.2, 0.25) is 35.4 Å². The second-order valence-corrected chi connectivity index (χ2v) is 16.6. The average molecular weight is 823 g/mol. The monoisotopic (exact) mass is 823 g/mol. The van der Waals surface area contributed by atoms with Gasteiger partial charge in [0.15, 0.2) is 0 Å². The van der Waals surface area contributed by atoms with Crippen LogP contribution in [0.2, 0.25) is 0 Å². The van der Waals surface area contributed by atoms with Crippen LogP contribution in [0.4, 0.5) is 0 Å². The van der Waals surface area contributed by atoms with Crippen molar-refractivity contribution in [2.45, 2.75) is 150 Å². The number of hydrogen-bond acceptors (Lipinski definition) is 9. The van der Waals surface area contributed by atoms with Crippen LogP contribution in [-0.2, 0) is 43.0 Å². The third-order valence-corrected chi connectivity index (χ3v) is 8.95. The Morgan fingerprint density at radius 2 is 0.828 bits per heavy atom. The Bertz CT molecular complexity index is 1320. The Hall–Kier alpha value is -4.31. The summed E-state index contributed by atoms with van der Waals surface area (Å²) >= 11 is 0. The van der Waals surface area contributed by atoms with Crippen LogP contribution in [0.15, 0.2) is 25.3 Å². The van der Waals surface area contributed by atoms with Crippen molar-refractivity contribution in [2.24, 2.45) is 23.7 Å². The summed E-state index contributed by atoms with van der Waals surface area (Å²) < 4.78 is 11.0. The average Bonchev–Trinajstić information content (AvgIpc) is 3.06. The van der Waals surface area contributed by atoms with Gasteiger partial charge in [-0.2, -0.15) is 0 Å². The Morgan fingerprint density at radius 3 is 1.17 bits per heavy atom. The Balaban J connectivity index is 5.66. The van der Waals surface area contributed by atoms with E-state index in [9.17, 15) is 38.7 Å². The molecule has 0 saturated heterocycles. The smallest absolute Gasteiger partial charge is 0.305 e. The molecule has 0 heterocycles. The van der Waals surface area contributed by atoms with Gasteiger partial charge in [0.05, 0.1) is 44.9 Å². The zero-order valence-electron chi connectivity index (χ0n) is 36.4. The second-order valence-electron chi connectivity index (χ2n) is 16.6. The zero-order chi connectivity index (χ0) is 44.4. The molecule has 0 rings (SSSR count). The highest BCUT2D eigenvalue weighted by atomic mass is 16.5. The van der Waals surface area contributed by atoms with Crippen molar-refractivity contribution >= 4 is 41.4 Å². The van der Waals surface area contributed by atoms with Crippen molar-refractivity contribution in [3.63, 3.8) is 0 Å². The van der Waals surface area contributed by atoms with Crippen molar-refractivity contribution in [1.82, 2.24) is 31.9 Å². The first-order valence-corrected chi connectivity index (χ1v) is 20.5. The second kappa shape index (κ2) is 29.8. The summed E-state index contributed by atoms with van der Waals surface area (Å²) in [6, 6.07) is -3.46. The number of hydrogen-bond donors (Lipinski definition) is 7. The molecule has 0 aliphatic heterocycles. The van der Waals surface area contributed by atoms with E-state index in [2.05, 4.69) is 45.1 Å². The molecule has 7 N–H and O–H groups in total. The highest BCUT2D eigenvalue weighted by molar-refractivity contribution is 5.83. The maximum absolute atomic E-state index is 13.5. The molecular formula is C42H74N6O10. The van der Waals surface area contributed by atoms with Crippen LogP contribution < -0.4 is 31.9 Å². The topological polar surface area (TPSA) is 230 Å². The van der Waals surface area contributed by atoms with E-state index >= 15 is 0 Å². The Morgan fingerprint density at radius 1 is 0.500 bits per heavy atom. The lowest BCUT2D eigenvalue weighted by molar-refractivity contribution is -0.138. The number of nitrogens with one attached hydrogen (secondary N) is 6. The predicted molar refractivity (Wildman–Crippen MR) is 223 cm³/mol. The normalized spacial score (nSPS) is 14.4. The van der Waals surface area contributed by atoms with Crippen LogP contribution in [0.25, 0.3) is 0 Å². The van der Waals surface area contributed by atoms with E-state index in [-0.39, 0.29) is 118 Å². The molecule has 16 nitrogen and oxygen atoms in total. The van der Waals surface area contributed by atoms with E-state index in [1.807, 2.05) is 55.4 Å².